The summed E-state index contributed by atoms with van der Waals surface area (Å²) in [6, 6.07) is 13.6. The molecule has 1 atom stereocenters. The molecule has 1 unspecified atom stereocenters. The number of nitrogens with zero attached hydrogens (tertiary/aromatic N) is 1. The minimum atomic E-state index is -0.322. The Morgan fingerprint density at radius 2 is 2.05 bits per heavy atom. The number of pyridine rings is 1. The Hall–Kier alpha value is -2.20. The highest BCUT2D eigenvalue weighted by atomic mass is 32.1. The molecule has 0 aliphatic rings. The second-order valence-electron chi connectivity index (χ2n) is 4.92. The molecule has 0 amide bonds. The summed E-state index contributed by atoms with van der Waals surface area (Å²) in [5.74, 6) is -0.284. The molecule has 106 valence electrons. The van der Waals surface area contributed by atoms with Crippen molar-refractivity contribution in [2.75, 3.05) is 0 Å². The van der Waals surface area contributed by atoms with E-state index >= 15 is 0 Å². The Morgan fingerprint density at radius 3 is 2.81 bits per heavy atom. The third-order valence-corrected chi connectivity index (χ3v) is 4.29. The van der Waals surface area contributed by atoms with Gasteiger partial charge in [0.1, 0.15) is 11.0 Å². The summed E-state index contributed by atoms with van der Waals surface area (Å²) in [7, 11) is 0. The van der Waals surface area contributed by atoms with Gasteiger partial charge in [-0.3, -0.25) is 4.98 Å². The van der Waals surface area contributed by atoms with Crippen LogP contribution in [0, 0.1) is 6.92 Å². The lowest BCUT2D eigenvalue weighted by Crippen LogP contribution is -2.08. The molecule has 0 radical (unpaired) electrons. The highest BCUT2D eigenvalue weighted by Gasteiger charge is 2.15. The molecular formula is C17H15NO2S. The maximum atomic E-state index is 12.1. The van der Waals surface area contributed by atoms with E-state index in [-0.39, 0.29) is 12.1 Å². The average molecular weight is 297 g/mol. The predicted molar refractivity (Wildman–Crippen MR) is 84.6 cm³/mol. The lowest BCUT2D eigenvalue weighted by Gasteiger charge is -2.13. The zero-order chi connectivity index (χ0) is 14.8. The molecule has 2 heterocycles. The monoisotopic (exact) mass is 297 g/mol. The molecule has 0 saturated heterocycles. The number of benzene rings is 1. The third-order valence-electron chi connectivity index (χ3n) is 3.31. The SMILES string of the molecule is Cc1ccc(C(=O)OC(C)c2cnc3ccccc3c2)s1. The first-order valence-corrected chi connectivity index (χ1v) is 7.57. The fourth-order valence-electron chi connectivity index (χ4n) is 2.14. The van der Waals surface area contributed by atoms with Gasteiger partial charge in [0.05, 0.1) is 5.52 Å². The largest absolute Gasteiger partial charge is 0.454 e. The smallest absolute Gasteiger partial charge is 0.348 e. The number of hydrogen-bond donors (Lipinski definition) is 0. The van der Waals surface area contributed by atoms with Crippen molar-refractivity contribution >= 4 is 28.2 Å². The van der Waals surface area contributed by atoms with Gasteiger partial charge in [-0.2, -0.15) is 0 Å². The van der Waals surface area contributed by atoms with Gasteiger partial charge in [-0.15, -0.1) is 11.3 Å². The minimum absolute atomic E-state index is 0.284. The van der Waals surface area contributed by atoms with Crippen LogP contribution >= 0.6 is 11.3 Å². The van der Waals surface area contributed by atoms with Crippen molar-refractivity contribution in [3.8, 4) is 0 Å². The lowest BCUT2D eigenvalue weighted by atomic mass is 10.1. The van der Waals surface area contributed by atoms with E-state index in [9.17, 15) is 4.79 Å². The van der Waals surface area contributed by atoms with Crippen molar-refractivity contribution in [3.63, 3.8) is 0 Å². The van der Waals surface area contributed by atoms with Crippen LogP contribution in [-0.2, 0) is 4.74 Å². The first kappa shape index (κ1) is 13.8. The standard InChI is InChI=1S/C17H15NO2S/c1-11-7-8-16(21-11)17(19)20-12(2)14-9-13-5-3-4-6-15(13)18-10-14/h3-10,12H,1-2H3. The minimum Gasteiger partial charge on any atom is -0.454 e. The van der Waals surface area contributed by atoms with E-state index < -0.39 is 0 Å². The lowest BCUT2D eigenvalue weighted by molar-refractivity contribution is 0.0343. The molecule has 3 rings (SSSR count). The molecule has 0 N–H and O–H groups in total. The van der Waals surface area contributed by atoms with Crippen molar-refractivity contribution < 1.29 is 9.53 Å². The van der Waals surface area contributed by atoms with Gasteiger partial charge in [-0.25, -0.2) is 4.79 Å². The molecule has 3 nitrogen and oxygen atoms in total. The summed E-state index contributed by atoms with van der Waals surface area (Å²) in [5, 5.41) is 1.05. The van der Waals surface area contributed by atoms with Gasteiger partial charge in [0, 0.05) is 22.0 Å². The highest BCUT2D eigenvalue weighted by Crippen LogP contribution is 2.23. The Bertz CT molecular complexity index is 794. The van der Waals surface area contributed by atoms with Gasteiger partial charge >= 0.3 is 5.97 Å². The number of esters is 1. The zero-order valence-electron chi connectivity index (χ0n) is 11.9. The average Bonchev–Trinajstić information content (AvgIpc) is 2.93. The fraction of sp³-hybridized carbons (Fsp3) is 0.176. The summed E-state index contributed by atoms with van der Waals surface area (Å²) in [6.45, 7) is 3.84. The number of thiophene rings is 1. The first-order valence-electron chi connectivity index (χ1n) is 6.75. The number of rotatable bonds is 3. The predicted octanol–water partition coefficient (Wildman–Crippen LogP) is 4.52. The van der Waals surface area contributed by atoms with E-state index in [1.54, 1.807) is 12.3 Å². The van der Waals surface area contributed by atoms with E-state index in [0.29, 0.717) is 4.88 Å². The molecule has 2 aromatic heterocycles. The van der Waals surface area contributed by atoms with Gasteiger partial charge in [0.15, 0.2) is 0 Å². The van der Waals surface area contributed by atoms with Crippen LogP contribution in [0.3, 0.4) is 0 Å². The number of hydrogen-bond acceptors (Lipinski definition) is 4. The number of aromatic nitrogens is 1. The molecule has 0 spiro atoms. The van der Waals surface area contributed by atoms with Crippen molar-refractivity contribution in [2.45, 2.75) is 20.0 Å². The molecule has 0 saturated carbocycles. The second kappa shape index (κ2) is 5.66. The van der Waals surface area contributed by atoms with Gasteiger partial charge in [0.25, 0.3) is 0 Å². The van der Waals surface area contributed by atoms with E-state index in [1.807, 2.05) is 50.2 Å². The summed E-state index contributed by atoms with van der Waals surface area (Å²) in [4.78, 5) is 18.2. The van der Waals surface area contributed by atoms with E-state index in [4.69, 9.17) is 4.74 Å². The number of carbonyl (C=O) groups is 1. The molecule has 0 bridgehead atoms. The number of fused-ring (bicyclic) bond motifs is 1. The Morgan fingerprint density at radius 1 is 1.24 bits per heavy atom. The van der Waals surface area contributed by atoms with Crippen LogP contribution in [0.15, 0.2) is 48.7 Å². The number of ether oxygens (including phenoxy) is 1. The summed E-state index contributed by atoms with van der Waals surface area (Å²) < 4.78 is 5.52. The maximum absolute atomic E-state index is 12.1. The van der Waals surface area contributed by atoms with E-state index in [2.05, 4.69) is 4.98 Å². The van der Waals surface area contributed by atoms with Crippen LogP contribution in [0.5, 0.6) is 0 Å². The number of carbonyl (C=O) groups excluding carboxylic acids is 1. The summed E-state index contributed by atoms with van der Waals surface area (Å²) in [5.41, 5.74) is 1.84. The van der Waals surface area contributed by atoms with Crippen LogP contribution in [0.1, 0.15) is 33.1 Å². The van der Waals surface area contributed by atoms with Crippen LogP contribution in [0.25, 0.3) is 10.9 Å². The topological polar surface area (TPSA) is 39.2 Å². The second-order valence-corrected chi connectivity index (χ2v) is 6.21. The Balaban J connectivity index is 1.80. The maximum Gasteiger partial charge on any atom is 0.348 e. The van der Waals surface area contributed by atoms with Gasteiger partial charge in [-0.1, -0.05) is 18.2 Å². The highest BCUT2D eigenvalue weighted by molar-refractivity contribution is 7.13. The van der Waals surface area contributed by atoms with Crippen molar-refractivity contribution in [2.24, 2.45) is 0 Å². The normalized spacial score (nSPS) is 12.3. The Labute approximate surface area is 127 Å². The molecule has 0 aliphatic heterocycles. The van der Waals surface area contributed by atoms with Gasteiger partial charge in [-0.05, 0) is 38.1 Å². The summed E-state index contributed by atoms with van der Waals surface area (Å²) in [6.07, 6.45) is 1.44. The molecule has 4 heteroatoms. The van der Waals surface area contributed by atoms with E-state index in [1.165, 1.54) is 11.3 Å². The van der Waals surface area contributed by atoms with Gasteiger partial charge in [0.2, 0.25) is 0 Å². The molecule has 1 aromatic carbocycles. The number of para-hydroxylation sites is 1. The third kappa shape index (κ3) is 2.95. The van der Waals surface area contributed by atoms with Crippen molar-refractivity contribution in [1.82, 2.24) is 4.98 Å². The molecule has 0 fully saturated rings. The summed E-state index contributed by atoms with van der Waals surface area (Å²) >= 11 is 1.45. The van der Waals surface area contributed by atoms with Crippen LogP contribution in [0.2, 0.25) is 0 Å². The fourth-order valence-corrected chi connectivity index (χ4v) is 2.89. The molecular weight excluding hydrogens is 282 g/mol. The van der Waals surface area contributed by atoms with Crippen LogP contribution in [-0.4, -0.2) is 11.0 Å². The zero-order valence-corrected chi connectivity index (χ0v) is 12.7. The van der Waals surface area contributed by atoms with E-state index in [0.717, 1.165) is 21.3 Å². The first-order chi connectivity index (χ1) is 10.1. The quantitative estimate of drug-likeness (QED) is 0.667. The van der Waals surface area contributed by atoms with Crippen molar-refractivity contribution in [1.29, 1.82) is 0 Å². The van der Waals surface area contributed by atoms with Crippen molar-refractivity contribution in [3.05, 3.63) is 64.0 Å². The molecule has 0 aliphatic carbocycles. The van der Waals surface area contributed by atoms with Crippen LogP contribution < -0.4 is 0 Å². The number of aryl methyl sites for hydroxylation is 1. The molecule has 21 heavy (non-hydrogen) atoms. The molecule has 3 aromatic rings. The van der Waals surface area contributed by atoms with Crippen LogP contribution in [0.4, 0.5) is 0 Å². The van der Waals surface area contributed by atoms with Gasteiger partial charge < -0.3 is 4.74 Å². The Kier molecular flexibility index (Phi) is 3.71.